The average molecular weight is 468 g/mol. The van der Waals surface area contributed by atoms with Crippen LogP contribution in [-0.2, 0) is 28.2 Å². The SMILES string of the molecule is CCOC(=O)c1oc2ccc(S(=O)(=O)NCCc3cccc(-c4ccnn4C)c3)cc2c1C. The Labute approximate surface area is 192 Å². The Morgan fingerprint density at radius 3 is 2.73 bits per heavy atom. The highest BCUT2D eigenvalue weighted by Gasteiger charge is 2.21. The van der Waals surface area contributed by atoms with Gasteiger partial charge in [-0.1, -0.05) is 18.2 Å². The van der Waals surface area contributed by atoms with E-state index in [0.29, 0.717) is 23.0 Å². The van der Waals surface area contributed by atoms with Crippen LogP contribution in [0.2, 0.25) is 0 Å². The van der Waals surface area contributed by atoms with Crippen LogP contribution in [0, 0.1) is 6.92 Å². The van der Waals surface area contributed by atoms with Crippen molar-refractivity contribution < 1.29 is 22.4 Å². The van der Waals surface area contributed by atoms with Crippen LogP contribution in [0.25, 0.3) is 22.2 Å². The summed E-state index contributed by atoms with van der Waals surface area (Å²) < 4.78 is 40.8. The maximum Gasteiger partial charge on any atom is 0.374 e. The second-order valence-electron chi connectivity index (χ2n) is 7.62. The van der Waals surface area contributed by atoms with Gasteiger partial charge in [0.1, 0.15) is 5.58 Å². The number of rotatable bonds is 8. The summed E-state index contributed by atoms with van der Waals surface area (Å²) in [7, 11) is -1.86. The summed E-state index contributed by atoms with van der Waals surface area (Å²) in [6, 6.07) is 14.4. The number of hydrogen-bond donors (Lipinski definition) is 1. The molecule has 1 N–H and O–H groups in total. The zero-order valence-electron chi connectivity index (χ0n) is 18.7. The Hall–Kier alpha value is -3.43. The van der Waals surface area contributed by atoms with Crippen molar-refractivity contribution >= 4 is 27.0 Å². The van der Waals surface area contributed by atoms with E-state index in [1.54, 1.807) is 30.8 Å². The number of fused-ring (bicyclic) bond motifs is 1. The van der Waals surface area contributed by atoms with E-state index in [1.165, 1.54) is 12.1 Å². The number of benzene rings is 2. The molecule has 0 bridgehead atoms. The van der Waals surface area contributed by atoms with E-state index in [0.717, 1.165) is 16.8 Å². The summed E-state index contributed by atoms with van der Waals surface area (Å²) >= 11 is 0. The molecule has 0 amide bonds. The molecular formula is C24H25N3O5S. The molecule has 0 atom stereocenters. The van der Waals surface area contributed by atoms with Crippen molar-refractivity contribution in [3.8, 4) is 11.3 Å². The van der Waals surface area contributed by atoms with Crippen LogP contribution < -0.4 is 4.72 Å². The maximum absolute atomic E-state index is 12.9. The predicted octanol–water partition coefficient (Wildman–Crippen LogP) is 3.84. The first kappa shape index (κ1) is 22.8. The van der Waals surface area contributed by atoms with E-state index in [-0.39, 0.29) is 23.8 Å². The molecule has 4 aromatic rings. The van der Waals surface area contributed by atoms with Gasteiger partial charge in [0.15, 0.2) is 0 Å². The van der Waals surface area contributed by atoms with Gasteiger partial charge in [0, 0.05) is 36.3 Å². The van der Waals surface area contributed by atoms with Crippen LogP contribution in [0.3, 0.4) is 0 Å². The van der Waals surface area contributed by atoms with Crippen LogP contribution in [0.4, 0.5) is 0 Å². The minimum Gasteiger partial charge on any atom is -0.460 e. The van der Waals surface area contributed by atoms with Crippen LogP contribution in [0.1, 0.15) is 28.6 Å². The van der Waals surface area contributed by atoms with Crippen LogP contribution in [0.15, 0.2) is 64.0 Å². The summed E-state index contributed by atoms with van der Waals surface area (Å²) in [6.07, 6.45) is 2.27. The van der Waals surface area contributed by atoms with Gasteiger partial charge in [0.2, 0.25) is 15.8 Å². The first-order valence-corrected chi connectivity index (χ1v) is 12.1. The van der Waals surface area contributed by atoms with Gasteiger partial charge in [-0.2, -0.15) is 5.10 Å². The highest BCUT2D eigenvalue weighted by molar-refractivity contribution is 7.89. The molecule has 2 aromatic heterocycles. The van der Waals surface area contributed by atoms with Gasteiger partial charge in [-0.3, -0.25) is 4.68 Å². The third kappa shape index (κ3) is 4.69. The Kier molecular flexibility index (Phi) is 6.35. The number of nitrogens with zero attached hydrogens (tertiary/aromatic N) is 2. The van der Waals surface area contributed by atoms with Crippen molar-refractivity contribution in [1.82, 2.24) is 14.5 Å². The van der Waals surface area contributed by atoms with Gasteiger partial charge in [-0.15, -0.1) is 0 Å². The molecule has 0 spiro atoms. The number of hydrogen-bond acceptors (Lipinski definition) is 6. The summed E-state index contributed by atoms with van der Waals surface area (Å²) in [5.74, 6) is -0.482. The standard InChI is InChI=1S/C24H25N3O5S/c1-4-31-24(28)23-16(2)20-15-19(8-9-22(20)32-23)33(29,30)26-13-10-17-6-5-7-18(14-17)21-11-12-25-27(21)3/h5-9,11-12,14-15,26H,4,10,13H2,1-3H3. The van der Waals surface area contributed by atoms with Gasteiger partial charge in [-0.05, 0) is 56.2 Å². The van der Waals surface area contributed by atoms with Crippen LogP contribution >= 0.6 is 0 Å². The molecule has 9 heteroatoms. The van der Waals surface area contributed by atoms with Crippen molar-refractivity contribution in [2.75, 3.05) is 13.2 Å². The molecule has 0 aliphatic rings. The summed E-state index contributed by atoms with van der Waals surface area (Å²) in [5, 5.41) is 4.75. The van der Waals surface area contributed by atoms with Crippen molar-refractivity contribution in [2.24, 2.45) is 7.05 Å². The number of aromatic nitrogens is 2. The fraction of sp³-hybridized carbons (Fsp3) is 0.250. The topological polar surface area (TPSA) is 103 Å². The molecule has 33 heavy (non-hydrogen) atoms. The zero-order chi connectivity index (χ0) is 23.6. The zero-order valence-corrected chi connectivity index (χ0v) is 19.5. The molecule has 0 aliphatic heterocycles. The molecule has 0 saturated heterocycles. The lowest BCUT2D eigenvalue weighted by Crippen LogP contribution is -2.26. The molecule has 0 radical (unpaired) electrons. The maximum atomic E-state index is 12.9. The fourth-order valence-electron chi connectivity index (χ4n) is 3.71. The molecule has 0 unspecified atom stereocenters. The van der Waals surface area contributed by atoms with Crippen molar-refractivity contribution in [3.63, 3.8) is 0 Å². The molecule has 2 heterocycles. The molecular weight excluding hydrogens is 442 g/mol. The monoisotopic (exact) mass is 467 g/mol. The normalized spacial score (nSPS) is 11.7. The molecule has 172 valence electrons. The number of aryl methyl sites for hydroxylation is 2. The van der Waals surface area contributed by atoms with E-state index in [4.69, 9.17) is 9.15 Å². The lowest BCUT2D eigenvalue weighted by Gasteiger charge is -2.09. The number of sulfonamides is 1. The summed E-state index contributed by atoms with van der Waals surface area (Å²) in [6.45, 7) is 3.88. The fourth-order valence-corrected chi connectivity index (χ4v) is 4.77. The molecule has 2 aromatic carbocycles. The van der Waals surface area contributed by atoms with Crippen molar-refractivity contribution in [2.45, 2.75) is 25.2 Å². The molecule has 0 saturated carbocycles. The highest BCUT2D eigenvalue weighted by atomic mass is 32.2. The quantitative estimate of drug-likeness (QED) is 0.395. The number of carbonyl (C=O) groups excluding carboxylic acids is 1. The van der Waals surface area contributed by atoms with Gasteiger partial charge in [0.05, 0.1) is 17.2 Å². The van der Waals surface area contributed by atoms with Gasteiger partial charge in [0.25, 0.3) is 0 Å². The largest absolute Gasteiger partial charge is 0.460 e. The Bertz CT molecular complexity index is 1420. The van der Waals surface area contributed by atoms with E-state index in [9.17, 15) is 13.2 Å². The van der Waals surface area contributed by atoms with E-state index in [2.05, 4.69) is 9.82 Å². The third-order valence-electron chi connectivity index (χ3n) is 5.43. The number of nitrogens with one attached hydrogen (secondary N) is 1. The highest BCUT2D eigenvalue weighted by Crippen LogP contribution is 2.28. The van der Waals surface area contributed by atoms with Crippen molar-refractivity contribution in [1.29, 1.82) is 0 Å². The molecule has 0 fully saturated rings. The Morgan fingerprint density at radius 1 is 1.18 bits per heavy atom. The van der Waals surface area contributed by atoms with Crippen molar-refractivity contribution in [3.05, 3.63) is 71.6 Å². The Morgan fingerprint density at radius 2 is 2.00 bits per heavy atom. The second kappa shape index (κ2) is 9.21. The molecule has 0 aliphatic carbocycles. The number of carbonyl (C=O) groups is 1. The number of furan rings is 1. The summed E-state index contributed by atoms with van der Waals surface area (Å²) in [5.41, 5.74) is 4.00. The smallest absolute Gasteiger partial charge is 0.374 e. The minimum absolute atomic E-state index is 0.0858. The lowest BCUT2D eigenvalue weighted by molar-refractivity contribution is 0.0491. The second-order valence-corrected chi connectivity index (χ2v) is 9.39. The van der Waals surface area contributed by atoms with E-state index < -0.39 is 16.0 Å². The van der Waals surface area contributed by atoms with E-state index >= 15 is 0 Å². The van der Waals surface area contributed by atoms with Crippen LogP contribution in [0.5, 0.6) is 0 Å². The first-order chi connectivity index (χ1) is 15.8. The third-order valence-corrected chi connectivity index (χ3v) is 6.89. The lowest BCUT2D eigenvalue weighted by atomic mass is 10.1. The summed E-state index contributed by atoms with van der Waals surface area (Å²) in [4.78, 5) is 12.2. The van der Waals surface area contributed by atoms with Crippen LogP contribution in [-0.4, -0.2) is 37.3 Å². The average Bonchev–Trinajstić information content (AvgIpc) is 3.37. The molecule has 8 nitrogen and oxygen atoms in total. The van der Waals surface area contributed by atoms with Gasteiger partial charge >= 0.3 is 5.97 Å². The number of ether oxygens (including phenoxy) is 1. The first-order valence-electron chi connectivity index (χ1n) is 10.6. The predicted molar refractivity (Wildman–Crippen MR) is 124 cm³/mol. The van der Waals surface area contributed by atoms with Gasteiger partial charge in [-0.25, -0.2) is 17.9 Å². The van der Waals surface area contributed by atoms with Gasteiger partial charge < -0.3 is 9.15 Å². The Balaban J connectivity index is 1.48. The van der Waals surface area contributed by atoms with E-state index in [1.807, 2.05) is 37.4 Å². The number of esters is 1. The minimum atomic E-state index is -3.74. The molecule has 4 rings (SSSR count).